The van der Waals surface area contributed by atoms with Crippen LogP contribution in [0.3, 0.4) is 0 Å². The maximum absolute atomic E-state index is 10.9. The summed E-state index contributed by atoms with van der Waals surface area (Å²) in [7, 11) is 0. The highest BCUT2D eigenvalue weighted by Crippen LogP contribution is 1.88. The van der Waals surface area contributed by atoms with E-state index in [1.54, 1.807) is 13.0 Å². The van der Waals surface area contributed by atoms with E-state index < -0.39 is 0 Å². The van der Waals surface area contributed by atoms with E-state index in [1.807, 2.05) is 0 Å². The van der Waals surface area contributed by atoms with Gasteiger partial charge in [-0.2, -0.15) is 0 Å². The van der Waals surface area contributed by atoms with E-state index in [1.165, 1.54) is 0 Å². The fourth-order valence-electron chi connectivity index (χ4n) is 0.995. The van der Waals surface area contributed by atoms with E-state index in [4.69, 9.17) is 18.9 Å². The van der Waals surface area contributed by atoms with Gasteiger partial charge >= 0.3 is 5.97 Å². The summed E-state index contributed by atoms with van der Waals surface area (Å²) in [4.78, 5) is 10.9. The standard InChI is InChI=1S/C12H22O5/c1-3-6-14-8-10-16-11-9-15-7-5-12(13)17-4-2/h3H,1,4-11H2,2H3. The summed E-state index contributed by atoms with van der Waals surface area (Å²) in [6.45, 7) is 8.69. The molecule has 0 aromatic rings. The molecule has 0 aromatic heterocycles. The molecule has 0 rings (SSSR count). The molecule has 5 heteroatoms. The molecule has 0 saturated heterocycles. The molecule has 0 aliphatic rings. The SMILES string of the molecule is C=CCOCCOCCOCCC(=O)OCC. The molecule has 17 heavy (non-hydrogen) atoms. The lowest BCUT2D eigenvalue weighted by molar-refractivity contribution is -0.144. The van der Waals surface area contributed by atoms with Crippen LogP contribution in [0, 0.1) is 0 Å². The molecule has 0 saturated carbocycles. The zero-order chi connectivity index (χ0) is 12.8. The molecule has 5 nitrogen and oxygen atoms in total. The number of hydrogen-bond acceptors (Lipinski definition) is 5. The topological polar surface area (TPSA) is 54.0 Å². The largest absolute Gasteiger partial charge is 0.466 e. The predicted molar refractivity (Wildman–Crippen MR) is 63.9 cm³/mol. The van der Waals surface area contributed by atoms with E-state index in [9.17, 15) is 4.79 Å². The maximum Gasteiger partial charge on any atom is 0.308 e. The first-order valence-electron chi connectivity index (χ1n) is 5.81. The van der Waals surface area contributed by atoms with Gasteiger partial charge in [-0.3, -0.25) is 4.79 Å². The first kappa shape index (κ1) is 16.1. The van der Waals surface area contributed by atoms with Gasteiger partial charge in [0.25, 0.3) is 0 Å². The van der Waals surface area contributed by atoms with Gasteiger partial charge in [-0.05, 0) is 6.92 Å². The number of rotatable bonds is 12. The third kappa shape index (κ3) is 13.0. The quantitative estimate of drug-likeness (QED) is 0.294. The monoisotopic (exact) mass is 246 g/mol. The molecule has 0 heterocycles. The summed E-state index contributed by atoms with van der Waals surface area (Å²) >= 11 is 0. The summed E-state index contributed by atoms with van der Waals surface area (Å²) in [5, 5.41) is 0. The molecule has 0 aliphatic carbocycles. The van der Waals surface area contributed by atoms with E-state index >= 15 is 0 Å². The van der Waals surface area contributed by atoms with Crippen LogP contribution in [0.2, 0.25) is 0 Å². The average Bonchev–Trinajstić information content (AvgIpc) is 2.32. The van der Waals surface area contributed by atoms with E-state index in [0.717, 1.165) is 0 Å². The molecule has 0 unspecified atom stereocenters. The summed E-state index contributed by atoms with van der Waals surface area (Å²) in [6.07, 6.45) is 1.98. The third-order valence-corrected chi connectivity index (χ3v) is 1.74. The minimum absolute atomic E-state index is 0.230. The van der Waals surface area contributed by atoms with Crippen molar-refractivity contribution in [1.29, 1.82) is 0 Å². The van der Waals surface area contributed by atoms with Crippen molar-refractivity contribution in [2.24, 2.45) is 0 Å². The van der Waals surface area contributed by atoms with Crippen LogP contribution in [0.1, 0.15) is 13.3 Å². The Balaban J connectivity index is 3.03. The van der Waals surface area contributed by atoms with Gasteiger partial charge in [-0.1, -0.05) is 6.08 Å². The minimum atomic E-state index is -0.230. The number of carbonyl (C=O) groups excluding carboxylic acids is 1. The number of ether oxygens (including phenoxy) is 4. The Hall–Kier alpha value is -0.910. The van der Waals surface area contributed by atoms with Crippen molar-refractivity contribution in [3.05, 3.63) is 12.7 Å². The van der Waals surface area contributed by atoms with E-state index in [2.05, 4.69) is 6.58 Å². The highest BCUT2D eigenvalue weighted by molar-refractivity contribution is 5.69. The maximum atomic E-state index is 10.9. The van der Waals surface area contributed by atoms with Crippen LogP contribution in [0.5, 0.6) is 0 Å². The molecule has 0 bridgehead atoms. The van der Waals surface area contributed by atoms with Gasteiger partial charge in [0.05, 0.1) is 52.7 Å². The van der Waals surface area contributed by atoms with Crippen LogP contribution >= 0.6 is 0 Å². The van der Waals surface area contributed by atoms with Crippen LogP contribution in [-0.2, 0) is 23.7 Å². The zero-order valence-corrected chi connectivity index (χ0v) is 10.5. The molecular weight excluding hydrogens is 224 g/mol. The van der Waals surface area contributed by atoms with Crippen LogP contribution < -0.4 is 0 Å². The predicted octanol–water partition coefficient (Wildman–Crippen LogP) is 1.18. The van der Waals surface area contributed by atoms with Gasteiger partial charge in [0, 0.05) is 0 Å². The van der Waals surface area contributed by atoms with E-state index in [0.29, 0.717) is 46.2 Å². The summed E-state index contributed by atoms with van der Waals surface area (Å²) < 4.78 is 20.3. The van der Waals surface area contributed by atoms with Crippen LogP contribution in [0.25, 0.3) is 0 Å². The molecule has 0 spiro atoms. The normalized spacial score (nSPS) is 10.2. The van der Waals surface area contributed by atoms with Crippen LogP contribution in [0.4, 0.5) is 0 Å². The molecule has 0 aromatic carbocycles. The van der Waals surface area contributed by atoms with Gasteiger partial charge in [-0.15, -0.1) is 6.58 Å². The van der Waals surface area contributed by atoms with Crippen LogP contribution in [-0.4, -0.2) is 52.2 Å². The highest BCUT2D eigenvalue weighted by Gasteiger charge is 2.00. The molecule has 0 aliphatic heterocycles. The van der Waals surface area contributed by atoms with Crippen molar-refractivity contribution >= 4 is 5.97 Å². The molecule has 100 valence electrons. The van der Waals surface area contributed by atoms with Crippen LogP contribution in [0.15, 0.2) is 12.7 Å². The lowest BCUT2D eigenvalue weighted by Gasteiger charge is -2.05. The minimum Gasteiger partial charge on any atom is -0.466 e. The molecular formula is C12H22O5. The Kier molecular flexibility index (Phi) is 12.5. The van der Waals surface area contributed by atoms with Crippen molar-refractivity contribution in [2.75, 3.05) is 46.2 Å². The Labute approximate surface area is 103 Å². The zero-order valence-electron chi connectivity index (χ0n) is 10.5. The first-order chi connectivity index (χ1) is 8.31. The van der Waals surface area contributed by atoms with Gasteiger partial charge in [0.2, 0.25) is 0 Å². The fourth-order valence-corrected chi connectivity index (χ4v) is 0.995. The molecule has 0 radical (unpaired) electrons. The Bertz CT molecular complexity index is 193. The molecule has 0 fully saturated rings. The molecule has 0 atom stereocenters. The number of carbonyl (C=O) groups is 1. The first-order valence-corrected chi connectivity index (χ1v) is 5.81. The number of esters is 1. The lowest BCUT2D eigenvalue weighted by Crippen LogP contribution is -2.12. The van der Waals surface area contributed by atoms with Gasteiger partial charge in [-0.25, -0.2) is 0 Å². The van der Waals surface area contributed by atoms with Crippen molar-refractivity contribution < 1.29 is 23.7 Å². The molecule has 0 N–H and O–H groups in total. The number of hydrogen-bond donors (Lipinski definition) is 0. The Morgan fingerprint density at radius 3 is 2.24 bits per heavy atom. The second-order valence-corrected chi connectivity index (χ2v) is 3.14. The average molecular weight is 246 g/mol. The molecule has 0 amide bonds. The Morgan fingerprint density at radius 1 is 1.06 bits per heavy atom. The summed E-state index contributed by atoms with van der Waals surface area (Å²) in [6, 6.07) is 0. The second kappa shape index (κ2) is 13.2. The van der Waals surface area contributed by atoms with Gasteiger partial charge in [0.15, 0.2) is 0 Å². The van der Waals surface area contributed by atoms with Crippen molar-refractivity contribution in [3.8, 4) is 0 Å². The smallest absolute Gasteiger partial charge is 0.308 e. The Morgan fingerprint density at radius 2 is 1.65 bits per heavy atom. The van der Waals surface area contributed by atoms with Crippen molar-refractivity contribution in [1.82, 2.24) is 0 Å². The van der Waals surface area contributed by atoms with E-state index in [-0.39, 0.29) is 12.4 Å². The van der Waals surface area contributed by atoms with Gasteiger partial charge < -0.3 is 18.9 Å². The lowest BCUT2D eigenvalue weighted by atomic mass is 10.5. The summed E-state index contributed by atoms with van der Waals surface area (Å²) in [5.41, 5.74) is 0. The second-order valence-electron chi connectivity index (χ2n) is 3.14. The summed E-state index contributed by atoms with van der Waals surface area (Å²) in [5.74, 6) is -0.230. The van der Waals surface area contributed by atoms with Gasteiger partial charge in [0.1, 0.15) is 0 Å². The fraction of sp³-hybridized carbons (Fsp3) is 0.750. The highest BCUT2D eigenvalue weighted by atomic mass is 16.5. The van der Waals surface area contributed by atoms with Crippen molar-refractivity contribution in [3.63, 3.8) is 0 Å². The third-order valence-electron chi connectivity index (χ3n) is 1.74. The van der Waals surface area contributed by atoms with Crippen molar-refractivity contribution in [2.45, 2.75) is 13.3 Å².